The fraction of sp³-hybridized carbons (Fsp3) is 0.361. The summed E-state index contributed by atoms with van der Waals surface area (Å²) < 4.78 is 10.1. The van der Waals surface area contributed by atoms with E-state index in [0.717, 1.165) is 56.5 Å². The molecule has 46 heavy (non-hydrogen) atoms. The fourth-order valence-electron chi connectivity index (χ4n) is 7.21. The Hall–Kier alpha value is -4.02. The summed E-state index contributed by atoms with van der Waals surface area (Å²) in [6.07, 6.45) is 9.32. The summed E-state index contributed by atoms with van der Waals surface area (Å²) in [4.78, 5) is 53.3. The number of ether oxygens (including phenoxy) is 2. The van der Waals surface area contributed by atoms with Crippen molar-refractivity contribution < 1.29 is 23.9 Å². The summed E-state index contributed by atoms with van der Waals surface area (Å²) in [5.41, 5.74) is 10.2. The minimum Gasteiger partial charge on any atom is -0.657 e. The van der Waals surface area contributed by atoms with Crippen molar-refractivity contribution in [1.82, 2.24) is 20.3 Å². The van der Waals surface area contributed by atoms with Gasteiger partial charge < -0.3 is 29.7 Å². The predicted molar refractivity (Wildman–Crippen MR) is 178 cm³/mol. The number of fused-ring (bicyclic) bond motifs is 7. The number of rotatable bonds is 6. The molecule has 0 unspecified atom stereocenters. The minimum atomic E-state index is -1.16. The van der Waals surface area contributed by atoms with E-state index >= 15 is 0 Å². The van der Waals surface area contributed by atoms with E-state index in [1.54, 1.807) is 0 Å². The molecule has 2 aliphatic heterocycles. The van der Waals surface area contributed by atoms with Gasteiger partial charge in [-0.15, -0.1) is 22.8 Å². The molecule has 2 N–H and O–H groups in total. The largest absolute Gasteiger partial charge is 2.00 e. The first kappa shape index (κ1) is 33.3. The molecule has 0 saturated carbocycles. The Morgan fingerprint density at radius 2 is 1.67 bits per heavy atom. The summed E-state index contributed by atoms with van der Waals surface area (Å²) in [7, 11) is 2.66. The van der Waals surface area contributed by atoms with Crippen LogP contribution in [0.5, 0.6) is 0 Å². The van der Waals surface area contributed by atoms with Gasteiger partial charge in [-0.05, 0) is 55.9 Å². The van der Waals surface area contributed by atoms with Gasteiger partial charge in [-0.25, -0.2) is 0 Å². The molecule has 9 nitrogen and oxygen atoms in total. The number of carbonyl (C=O) groups excluding carboxylic acids is 3. The van der Waals surface area contributed by atoms with Crippen LogP contribution in [0.2, 0.25) is 0 Å². The number of esters is 2. The van der Waals surface area contributed by atoms with Crippen molar-refractivity contribution in [2.24, 2.45) is 17.8 Å². The number of allylic oxidation sites excluding steroid dienone is 2. The van der Waals surface area contributed by atoms with Gasteiger partial charge in [0.2, 0.25) is 0 Å². The summed E-state index contributed by atoms with van der Waals surface area (Å²) in [5, 5.41) is 5.44. The molecule has 3 atom stereocenters. The number of methoxy groups -OCH3 is 2. The molecule has 3 aromatic heterocycles. The Bertz CT molecular complexity index is 1990. The average molecular weight is 631 g/mol. The van der Waals surface area contributed by atoms with Crippen LogP contribution in [0, 0.1) is 38.5 Å². The molecule has 1 fully saturated rings. The third-order valence-electron chi connectivity index (χ3n) is 9.81. The number of H-pyrrole nitrogens is 1. The van der Waals surface area contributed by atoms with Crippen molar-refractivity contribution >= 4 is 70.7 Å². The molecule has 1 saturated heterocycles. The summed E-state index contributed by atoms with van der Waals surface area (Å²) in [5.74, 6) is -2.78. The van der Waals surface area contributed by atoms with Gasteiger partial charge in [-0.2, -0.15) is 0 Å². The number of nitrogens with zero attached hydrogens (tertiary/aromatic N) is 2. The summed E-state index contributed by atoms with van der Waals surface area (Å²) in [6.45, 7) is 14.3. The van der Waals surface area contributed by atoms with E-state index < -0.39 is 11.9 Å². The van der Waals surface area contributed by atoms with Crippen molar-refractivity contribution in [3.05, 3.63) is 84.8 Å². The maximum Gasteiger partial charge on any atom is 2.00 e. The fourth-order valence-corrected chi connectivity index (χ4v) is 7.21. The molecular formula is C36H38MgN4O5. The second-order valence-electron chi connectivity index (χ2n) is 12.1. The summed E-state index contributed by atoms with van der Waals surface area (Å²) in [6, 6.07) is 0. The first-order valence-electron chi connectivity index (χ1n) is 15.3. The first-order chi connectivity index (χ1) is 21.5. The zero-order chi connectivity index (χ0) is 32.3. The molecule has 3 aliphatic rings. The Labute approximate surface area is 284 Å². The first-order valence-corrected chi connectivity index (χ1v) is 15.3. The van der Waals surface area contributed by atoms with E-state index in [0.29, 0.717) is 40.2 Å². The number of hydrogen-bond donors (Lipinski definition) is 2. The zero-order valence-electron chi connectivity index (χ0n) is 27.5. The predicted octanol–water partition coefficient (Wildman–Crippen LogP) is 3.20. The Morgan fingerprint density at radius 3 is 2.33 bits per heavy atom. The molecule has 3 aromatic rings. The van der Waals surface area contributed by atoms with Crippen molar-refractivity contribution in [2.45, 2.75) is 53.9 Å². The number of hydrogen-bond acceptors (Lipinski definition) is 6. The SMILES string of the molecule is C=Cc1c2[n-]c(c1C)/C=C1\N/C(=C3\c4[n-]c(c(C)c4C(=O)[C@@H]3C(=O)OC)/C=c3\[nH]/c(c(C)c3CC)=C\2)[C@@H](CCC(=O)OC)[C@@H]1C.[Mg+2]. The van der Waals surface area contributed by atoms with E-state index in [1.165, 1.54) is 14.2 Å². The zero-order valence-corrected chi connectivity index (χ0v) is 28.9. The van der Waals surface area contributed by atoms with E-state index in [1.807, 2.05) is 32.1 Å². The number of aromatic amines is 1. The second kappa shape index (κ2) is 12.6. The van der Waals surface area contributed by atoms with Crippen LogP contribution in [0.1, 0.15) is 87.6 Å². The number of nitrogens with one attached hydrogen (secondary N) is 2. The molecule has 8 bridgehead atoms. The van der Waals surface area contributed by atoms with Crippen LogP contribution in [0.3, 0.4) is 0 Å². The molecule has 6 rings (SSSR count). The molecule has 5 heterocycles. The number of ketones is 1. The van der Waals surface area contributed by atoms with E-state index in [2.05, 4.69) is 43.7 Å². The molecular weight excluding hydrogens is 593 g/mol. The number of carbonyl (C=O) groups is 3. The van der Waals surface area contributed by atoms with Crippen LogP contribution < -0.4 is 26.0 Å². The van der Waals surface area contributed by atoms with Crippen LogP contribution in [0.15, 0.2) is 18.0 Å². The van der Waals surface area contributed by atoms with Crippen molar-refractivity contribution in [2.75, 3.05) is 14.2 Å². The molecule has 0 spiro atoms. The average Bonchev–Trinajstić information content (AvgIpc) is 3.76. The van der Waals surface area contributed by atoms with Gasteiger partial charge in [0.25, 0.3) is 0 Å². The van der Waals surface area contributed by atoms with Crippen molar-refractivity contribution in [3.8, 4) is 0 Å². The van der Waals surface area contributed by atoms with Crippen molar-refractivity contribution in [1.29, 1.82) is 0 Å². The van der Waals surface area contributed by atoms with Gasteiger partial charge in [0.05, 0.1) is 14.2 Å². The standard InChI is InChI=1S/C36H39N4O5.Mg/c1-9-20-16(3)23-13-25-18(5)22(11-12-29(41)44-7)33(39-25)31-32(36(43)45-8)35(42)30-19(6)26(40-34(30)31)15-28-21(10-2)17(4)24(38-28)14-27(20)37-23;/h9,13-15,18,22,32,38H,1,10-12H2,2-8H3,(H2,39,40,42);/q-1;+2/p-1/b24-14-,25-13-,28-15-;/t18-,22-,32+;/m0./s1. The van der Waals surface area contributed by atoms with Crippen LogP contribution in [0.25, 0.3) is 29.9 Å². The molecule has 1 aliphatic carbocycles. The Morgan fingerprint density at radius 1 is 0.978 bits per heavy atom. The van der Waals surface area contributed by atoms with E-state index in [-0.39, 0.29) is 53.1 Å². The third kappa shape index (κ3) is 5.11. The molecule has 0 aromatic carbocycles. The maximum absolute atomic E-state index is 14.1. The van der Waals surface area contributed by atoms with Gasteiger partial charge in [-0.1, -0.05) is 55.9 Å². The third-order valence-corrected chi connectivity index (χ3v) is 9.81. The van der Waals surface area contributed by atoms with Gasteiger partial charge >= 0.3 is 35.0 Å². The molecule has 234 valence electrons. The normalized spacial score (nSPS) is 23.7. The maximum atomic E-state index is 14.1. The van der Waals surface area contributed by atoms with Crippen LogP contribution >= 0.6 is 0 Å². The number of Topliss-reactive ketones (excluding diaryl/α,β-unsaturated/α-hetero) is 1. The quantitative estimate of drug-likeness (QED) is 0.242. The number of aromatic nitrogens is 3. The molecule has 10 heteroatoms. The topological polar surface area (TPSA) is 126 Å². The van der Waals surface area contributed by atoms with Gasteiger partial charge in [0.1, 0.15) is 5.92 Å². The monoisotopic (exact) mass is 630 g/mol. The van der Waals surface area contributed by atoms with Crippen LogP contribution in [0.4, 0.5) is 0 Å². The van der Waals surface area contributed by atoms with Crippen molar-refractivity contribution in [3.63, 3.8) is 0 Å². The molecule has 0 radical (unpaired) electrons. The van der Waals surface area contributed by atoms with Gasteiger partial charge in [-0.3, -0.25) is 14.4 Å². The van der Waals surface area contributed by atoms with E-state index in [9.17, 15) is 14.4 Å². The Kier molecular flexibility index (Phi) is 9.16. The molecule has 0 amide bonds. The Balaban J connectivity index is 0.00000417. The van der Waals surface area contributed by atoms with E-state index in [4.69, 9.17) is 19.4 Å². The summed E-state index contributed by atoms with van der Waals surface area (Å²) >= 11 is 0. The van der Waals surface area contributed by atoms with Crippen LogP contribution in [-0.2, 0) is 25.5 Å². The smallest absolute Gasteiger partial charge is 0.657 e. The van der Waals surface area contributed by atoms with Gasteiger partial charge in [0, 0.05) is 45.9 Å². The van der Waals surface area contributed by atoms with Crippen LogP contribution in [-0.4, -0.2) is 60.0 Å². The second-order valence-corrected chi connectivity index (χ2v) is 12.1. The van der Waals surface area contributed by atoms with Gasteiger partial charge in [0.15, 0.2) is 5.78 Å². The minimum absolute atomic E-state index is 0.